The summed E-state index contributed by atoms with van der Waals surface area (Å²) in [4.78, 5) is 160. The normalized spacial score (nSPS) is 32.9. The number of carbonyl (C=O) groups is 10. The van der Waals surface area contributed by atoms with Crippen molar-refractivity contribution in [3.63, 3.8) is 0 Å². The number of esters is 1. The smallest absolute Gasteiger partial charge is 0.404 e. The van der Waals surface area contributed by atoms with Crippen LogP contribution in [0.3, 0.4) is 0 Å². The van der Waals surface area contributed by atoms with Gasteiger partial charge in [0.1, 0.15) is 130 Å². The standard InChI is InChI=1S/C55H83N17O21S3.C37H67NO13/c1-20-33(69-46(72-44(20)58)25(12-31(57)76)64-13-24(56)45(59)82)50(86)71-35(41(26-14-61-19-65-26)91-54-43(39(80)37(78)29(15-73)90-54)92-53-40(81)42(93-55(60)88)38(79)30(16-74)89-53)51(87)66-22(3)36(77)21(2)47(83)70-34(23(4)75)49(85)63-10-8-32-67-28(18-94-32)52-68-27(17-95-52)48(84)62-9-7-11-96(5)6;1-14-25-37(10,45)30(41)20(4)27(39)18(2)16-35(8,44)32(51-34-28(40)24(38(11)12)15-19(3)47-34)21(5)29(22(6)33(43)49-25)50-26-17-36(9,46-13)31(42)23(7)48-26/h14,17-19,21-25,29-30,34-43,53-54,64,73-75,77-81H,7-13,15-16,56H2,1-6H3,(H13-,57,58,59,60,61,62,63,65,66,69,70,71,72,76,82,83,84,85,86,87,88);18-26,28-32,34,40-42,44-45H,14-17H2,1-13H3/p+1/t21-,22+,23+,24-,25-,29-,30-,34-,35-,36-,37-,38-,39+,40-,41-,42+,43-,53-,54-;18-,19-,20+,21+,22-,23+,24+,25-,26+,28-,29+,30-,31+,32-,34+,35-,36-,37-/m01/s1. The molecule has 52 nitrogen and oxygen atoms in total. The Bertz CT molecular complexity index is 4980. The average Bonchev–Trinajstić information content (AvgIpc) is 1.02. The number of likely N-dealkylation sites (N-methyl/N-ethyl adjacent to an activating group) is 1. The van der Waals surface area contributed by atoms with E-state index >= 15 is 4.79 Å². The fourth-order valence-corrected chi connectivity index (χ4v) is 20.5. The van der Waals surface area contributed by atoms with Crippen LogP contribution in [0.1, 0.15) is 184 Å². The maximum atomic E-state index is 15.2. The van der Waals surface area contributed by atoms with Gasteiger partial charge in [0.2, 0.25) is 29.5 Å². The Balaban J connectivity index is 0.000000433. The van der Waals surface area contributed by atoms with E-state index in [9.17, 15) is 110 Å². The molecule has 0 unspecified atom stereocenters. The lowest BCUT2D eigenvalue weighted by Crippen LogP contribution is -2.65. The van der Waals surface area contributed by atoms with E-state index in [2.05, 4.69) is 74.3 Å². The van der Waals surface area contributed by atoms with Crippen LogP contribution in [0.2, 0.25) is 0 Å². The second-order valence-electron chi connectivity index (χ2n) is 39.3. The quantitative estimate of drug-likeness (QED) is 0.0112. The second-order valence-corrected chi connectivity index (χ2v) is 43.5. The molecule has 147 heavy (non-hydrogen) atoms. The molecule has 5 saturated heterocycles. The first-order chi connectivity index (χ1) is 68.8. The molecule has 4 aromatic rings. The molecule has 5 fully saturated rings. The molecule has 55 heteroatoms. The molecule has 0 aromatic carbocycles. The highest BCUT2D eigenvalue weighted by Gasteiger charge is 2.58. The topological polar surface area (TPSA) is 821 Å². The van der Waals surface area contributed by atoms with Crippen molar-refractivity contribution in [2.45, 2.75) is 336 Å². The van der Waals surface area contributed by atoms with Crippen molar-refractivity contribution in [1.29, 1.82) is 0 Å². The molecule has 8 amide bonds. The van der Waals surface area contributed by atoms with Crippen molar-refractivity contribution in [2.75, 3.05) is 78.1 Å². The van der Waals surface area contributed by atoms with Crippen molar-refractivity contribution in [3.8, 4) is 10.7 Å². The van der Waals surface area contributed by atoms with Crippen molar-refractivity contribution in [2.24, 2.45) is 52.5 Å². The van der Waals surface area contributed by atoms with Crippen LogP contribution in [0.5, 0.6) is 0 Å². The van der Waals surface area contributed by atoms with E-state index in [0.717, 1.165) is 24.7 Å². The van der Waals surface area contributed by atoms with Crippen LogP contribution in [0.25, 0.3) is 10.7 Å². The number of carbonyl (C=O) groups excluding carboxylic acids is 10. The Morgan fingerprint density at radius 1 is 0.721 bits per heavy atom. The van der Waals surface area contributed by atoms with Gasteiger partial charge < -0.3 is 189 Å². The Morgan fingerprint density at radius 2 is 1.37 bits per heavy atom. The zero-order valence-electron chi connectivity index (χ0n) is 85.8. The fourth-order valence-electron chi connectivity index (χ4n) is 18.2. The van der Waals surface area contributed by atoms with E-state index in [1.54, 1.807) is 52.3 Å². The van der Waals surface area contributed by atoms with Crippen molar-refractivity contribution in [1.82, 2.24) is 66.7 Å². The van der Waals surface area contributed by atoms with Gasteiger partial charge in [0, 0.05) is 92.5 Å². The van der Waals surface area contributed by atoms with E-state index in [1.165, 1.54) is 78.2 Å². The number of primary amides is 3. The van der Waals surface area contributed by atoms with Gasteiger partial charge in [-0.1, -0.05) is 34.6 Å². The average molecular weight is 2150 g/mol. The van der Waals surface area contributed by atoms with Crippen LogP contribution in [-0.2, 0) is 103 Å². The maximum absolute atomic E-state index is 15.2. The lowest BCUT2D eigenvalue weighted by molar-refractivity contribution is -0.372. The first-order valence-electron chi connectivity index (χ1n) is 48.3. The number of methoxy groups -OCH3 is 1. The number of aromatic amines is 1. The van der Waals surface area contributed by atoms with Gasteiger partial charge in [-0.15, -0.1) is 22.7 Å². The number of ketones is 1. The summed E-state index contributed by atoms with van der Waals surface area (Å²) in [5, 5.41) is 166. The second kappa shape index (κ2) is 54.6. The van der Waals surface area contributed by atoms with Gasteiger partial charge in [-0.05, 0) is 107 Å². The molecule has 9 rings (SSSR count). The van der Waals surface area contributed by atoms with E-state index in [-0.39, 0.29) is 96.3 Å². The highest BCUT2D eigenvalue weighted by Crippen LogP contribution is 2.43. The Morgan fingerprint density at radius 3 is 1.97 bits per heavy atom. The summed E-state index contributed by atoms with van der Waals surface area (Å²) in [5.74, 6) is -12.7. The number of imidazole rings is 1. The zero-order valence-corrected chi connectivity index (χ0v) is 88.3. The molecule has 0 bridgehead atoms. The summed E-state index contributed by atoms with van der Waals surface area (Å²) < 4.78 is 65.8. The number of nitrogen functional groups attached to an aromatic ring is 1. The Kier molecular flexibility index (Phi) is 45.9. The molecule has 5 aliphatic heterocycles. The molecule has 9 heterocycles. The number of H-pyrrole nitrogens is 1. The number of aromatic nitrogens is 6. The summed E-state index contributed by atoms with van der Waals surface area (Å²) in [6, 6.07) is -8.17. The third kappa shape index (κ3) is 31.8. The van der Waals surface area contributed by atoms with Crippen LogP contribution >= 0.6 is 22.7 Å². The molecule has 0 spiro atoms. The number of nitrogens with two attached hydrogens (primary N) is 5. The summed E-state index contributed by atoms with van der Waals surface area (Å²) in [6.45, 7) is 19.5. The summed E-state index contributed by atoms with van der Waals surface area (Å²) in [7, 11) is 5.43. The van der Waals surface area contributed by atoms with Crippen LogP contribution in [0, 0.1) is 36.5 Å². The number of nitrogens with one attached hydrogen (secondary N) is 7. The molecule has 37 atom stereocenters. The zero-order chi connectivity index (χ0) is 110. The number of ether oxygens (including phenoxy) is 11. The lowest BCUT2D eigenvalue weighted by atomic mass is 9.74. The van der Waals surface area contributed by atoms with E-state index in [1.807, 2.05) is 25.9 Å². The fraction of sp³-hybridized carbons (Fsp3) is 0.750. The molecular formula is C92H151N18O34S3+. The predicted octanol–water partition coefficient (Wildman–Crippen LogP) is -5.92. The molecule has 0 aliphatic carbocycles. The van der Waals surface area contributed by atoms with Gasteiger partial charge >= 0.3 is 12.1 Å². The number of nitrogens with zero attached hydrogens (tertiary/aromatic N) is 6. The van der Waals surface area contributed by atoms with Gasteiger partial charge in [0.05, 0.1) is 133 Å². The minimum Gasteiger partial charge on any atom is -0.459 e. The number of aliphatic hydroxyl groups excluding tert-OH is 11. The first kappa shape index (κ1) is 124. The Hall–Kier alpha value is -8.60. The van der Waals surface area contributed by atoms with E-state index in [4.69, 9.17) is 80.8 Å². The number of rotatable bonds is 42. The van der Waals surface area contributed by atoms with Crippen molar-refractivity contribution < 1.29 is 166 Å². The molecule has 830 valence electrons. The number of amides is 8. The summed E-state index contributed by atoms with van der Waals surface area (Å²) in [6.07, 6.45) is -29.7. The maximum Gasteiger partial charge on any atom is 0.404 e. The predicted molar refractivity (Wildman–Crippen MR) is 525 cm³/mol. The first-order valence-corrected chi connectivity index (χ1v) is 52.3. The monoisotopic (exact) mass is 2150 g/mol. The van der Waals surface area contributed by atoms with Gasteiger partial charge in [0.15, 0.2) is 31.3 Å². The van der Waals surface area contributed by atoms with Crippen LogP contribution < -0.4 is 60.6 Å². The number of anilines is 1. The minimum absolute atomic E-state index is 0.00498. The molecular weight excluding hydrogens is 2000 g/mol. The van der Waals surface area contributed by atoms with Crippen LogP contribution in [0.4, 0.5) is 10.6 Å². The molecule has 0 saturated carbocycles. The summed E-state index contributed by atoms with van der Waals surface area (Å²) in [5.41, 5.74) is 23.2. The van der Waals surface area contributed by atoms with Gasteiger partial charge in [-0.2, -0.15) is 0 Å². The molecule has 0 radical (unpaired) electrons. The van der Waals surface area contributed by atoms with Crippen molar-refractivity contribution in [3.05, 3.63) is 56.8 Å². The third-order valence-electron chi connectivity index (χ3n) is 27.1. The lowest BCUT2D eigenvalue weighted by Gasteiger charge is -2.49. The van der Waals surface area contributed by atoms with Crippen molar-refractivity contribution >= 4 is 98.6 Å². The van der Waals surface area contributed by atoms with Gasteiger partial charge in [-0.25, -0.2) is 29.7 Å². The highest BCUT2D eigenvalue weighted by molar-refractivity contribution is 7.95. The van der Waals surface area contributed by atoms with Crippen LogP contribution in [-0.4, -0.2) is 415 Å². The number of aliphatic hydroxyl groups is 13. The highest BCUT2D eigenvalue weighted by atomic mass is 32.2. The largest absolute Gasteiger partial charge is 0.459 e. The molecule has 30 N–H and O–H groups in total. The number of thiazole rings is 2. The molecule has 5 aliphatic rings. The third-order valence-corrected chi connectivity index (χ3v) is 30.0. The van der Waals surface area contributed by atoms with E-state index < -0.39 is 290 Å². The molecule has 4 aromatic heterocycles. The van der Waals surface area contributed by atoms with Gasteiger partial charge in [-0.3, -0.25) is 43.2 Å². The van der Waals surface area contributed by atoms with Gasteiger partial charge in [0.25, 0.3) is 11.8 Å². The minimum atomic E-state index is -2.20. The number of hydrogen-bond donors (Lipinski definition) is 25. The SMILES string of the molecule is CC[C@H]1OC(=O)[C@H](C)[C@@H](O[C@H]2C[C@@](C)(OC)[C@@H](O)[C@H](C)O2)[C@H](C)[C@@H](O[C@@H]2O[C@H](C)C[C@H](N(C)C)[C@H]2O)[C@](C)(O)C[C@@H](C)C(=O)[C@H](C)[C@@H](O)[C@]1(C)O.Cc1c(N)nc([C@H](CC(N)=O)NC[C@H](N)C(N)=O)nc1C(=O)N[C@H](C(=O)N[C@H](C)[C@@H](O)[C@H](C)C(=O)N[C@H](C(=O)NCCc1nc(-c2nc(C(=O)NCCC[S+](C)C)cs2)cs1)[C@@H](C)O)[C@@H](O[C@@H]1O[C@@H](CO)[C@H](O)[C@@H](O)[C@@H]1O[C@@H]1O[C@@H](CO)[C@H](O)[C@@H](OC(N)=O)[C@@H]1O)c1cnc[nH]1. The van der Waals surface area contributed by atoms with E-state index in [0.29, 0.717) is 28.7 Å². The Labute approximate surface area is 861 Å². The number of hydrogen-bond acceptors (Lipinski definition) is 45. The summed E-state index contributed by atoms with van der Waals surface area (Å²) >= 11 is 2.52. The number of cyclic esters (lactones) is 1. The van der Waals surface area contributed by atoms with Crippen LogP contribution in [0.15, 0.2) is 23.3 Å². The number of Topliss-reactive ketones (excluding diaryl/α,β-unsaturated/α-hetero) is 1.